The minimum absolute atomic E-state index is 0.0436. The second-order valence-corrected chi connectivity index (χ2v) is 6.21. The Balaban J connectivity index is 1.68. The molecule has 0 aliphatic carbocycles. The van der Waals surface area contributed by atoms with Gasteiger partial charge < -0.3 is 14.6 Å². The molecule has 6 nitrogen and oxygen atoms in total. The molecule has 0 aromatic heterocycles. The van der Waals surface area contributed by atoms with Crippen molar-refractivity contribution in [3.05, 3.63) is 41.7 Å². The first-order valence-corrected chi connectivity index (χ1v) is 8.03. The Morgan fingerprint density at radius 2 is 2.17 bits per heavy atom. The Morgan fingerprint density at radius 3 is 2.83 bits per heavy atom. The van der Waals surface area contributed by atoms with Crippen LogP contribution in [0.4, 0.5) is 0 Å². The number of rotatable bonds is 5. The summed E-state index contributed by atoms with van der Waals surface area (Å²) in [5.74, 6) is 0.593. The van der Waals surface area contributed by atoms with Crippen LogP contribution in [0, 0.1) is 0 Å². The molecule has 3 rings (SSSR count). The van der Waals surface area contributed by atoms with Crippen LogP contribution in [0.5, 0.6) is 5.75 Å². The van der Waals surface area contributed by atoms with Crippen LogP contribution >= 0.6 is 0 Å². The fourth-order valence-corrected chi connectivity index (χ4v) is 3.19. The van der Waals surface area contributed by atoms with E-state index in [-0.39, 0.29) is 23.5 Å². The maximum absolute atomic E-state index is 12.6. The summed E-state index contributed by atoms with van der Waals surface area (Å²) in [4.78, 5) is 18.6. The number of hydrogen-bond acceptors (Lipinski definition) is 5. The zero-order chi connectivity index (χ0) is 17.3. The van der Waals surface area contributed by atoms with Crippen LogP contribution in [-0.2, 0) is 9.53 Å². The molecule has 1 saturated heterocycles. The van der Waals surface area contributed by atoms with Gasteiger partial charge in [0.1, 0.15) is 35.5 Å². The number of para-hydroxylation sites is 1. The number of carbonyl (C=O) groups excluding carboxylic acids is 1. The number of fused-ring (bicyclic) bond motifs is 1. The van der Waals surface area contributed by atoms with Gasteiger partial charge in [-0.05, 0) is 32.9 Å². The first-order chi connectivity index (χ1) is 11.4. The standard InChI is InChI=1S/C18H22N2O4/c1-12(19-9-10-23-14-7-5-4-6-8-14)15-16(21)18(3)11-24-13(2)20(18)17(15)22/h4-8,13,21H,9-11H2,1-3H3/t13-,18-/m0/s1. The van der Waals surface area contributed by atoms with Crippen molar-refractivity contribution >= 4 is 11.6 Å². The molecule has 0 radical (unpaired) electrons. The average Bonchev–Trinajstić information content (AvgIpc) is 2.98. The number of aliphatic hydroxyl groups excluding tert-OH is 1. The van der Waals surface area contributed by atoms with Crippen LogP contribution in [0.25, 0.3) is 0 Å². The molecular formula is C18H22N2O4. The molecule has 1 aromatic carbocycles. The second kappa shape index (κ2) is 6.28. The lowest BCUT2D eigenvalue weighted by molar-refractivity contribution is -0.132. The molecule has 0 bridgehead atoms. The molecule has 2 aliphatic rings. The van der Waals surface area contributed by atoms with Crippen molar-refractivity contribution in [1.82, 2.24) is 4.90 Å². The van der Waals surface area contributed by atoms with Gasteiger partial charge in [-0.15, -0.1) is 0 Å². The largest absolute Gasteiger partial charge is 0.509 e. The molecule has 1 aromatic rings. The number of aliphatic hydroxyl groups is 1. The molecule has 1 amide bonds. The van der Waals surface area contributed by atoms with Gasteiger partial charge in [-0.1, -0.05) is 18.2 Å². The smallest absolute Gasteiger partial charge is 0.262 e. The SMILES string of the molecule is CC(=NCCOc1ccccc1)C1=C(O)[C@]2(C)CO[C@@H](C)N2C1=O. The summed E-state index contributed by atoms with van der Waals surface area (Å²) >= 11 is 0. The lowest BCUT2D eigenvalue weighted by atomic mass is 10.00. The normalized spacial score (nSPS) is 27.0. The van der Waals surface area contributed by atoms with Crippen LogP contribution in [0.15, 0.2) is 46.7 Å². The summed E-state index contributed by atoms with van der Waals surface area (Å²) in [7, 11) is 0. The molecule has 0 spiro atoms. The summed E-state index contributed by atoms with van der Waals surface area (Å²) in [6.07, 6.45) is -0.351. The van der Waals surface area contributed by atoms with Gasteiger partial charge in [0.05, 0.1) is 13.2 Å². The van der Waals surface area contributed by atoms with E-state index < -0.39 is 5.54 Å². The monoisotopic (exact) mass is 330 g/mol. The van der Waals surface area contributed by atoms with Crippen LogP contribution < -0.4 is 4.74 Å². The van der Waals surface area contributed by atoms with Gasteiger partial charge in [0.25, 0.3) is 5.91 Å². The second-order valence-electron chi connectivity index (χ2n) is 6.21. The third kappa shape index (κ3) is 2.67. The summed E-state index contributed by atoms with van der Waals surface area (Å²) in [6, 6.07) is 9.49. The zero-order valence-corrected chi connectivity index (χ0v) is 14.2. The molecule has 2 aliphatic heterocycles. The molecule has 24 heavy (non-hydrogen) atoms. The predicted molar refractivity (Wildman–Crippen MR) is 90.2 cm³/mol. The highest BCUT2D eigenvalue weighted by Crippen LogP contribution is 2.40. The number of amides is 1. The molecule has 6 heteroatoms. The van der Waals surface area contributed by atoms with E-state index in [1.807, 2.05) is 37.3 Å². The highest BCUT2D eigenvalue weighted by molar-refractivity contribution is 6.23. The Morgan fingerprint density at radius 1 is 1.46 bits per heavy atom. The molecule has 1 N–H and O–H groups in total. The summed E-state index contributed by atoms with van der Waals surface area (Å²) in [6.45, 7) is 6.46. The lowest BCUT2D eigenvalue weighted by Gasteiger charge is -2.27. The number of benzene rings is 1. The molecule has 2 atom stereocenters. The maximum Gasteiger partial charge on any atom is 0.262 e. The van der Waals surface area contributed by atoms with Gasteiger partial charge in [0.2, 0.25) is 0 Å². The fourth-order valence-electron chi connectivity index (χ4n) is 3.19. The van der Waals surface area contributed by atoms with Gasteiger partial charge in [-0.2, -0.15) is 0 Å². The van der Waals surface area contributed by atoms with Crippen molar-refractivity contribution in [2.45, 2.75) is 32.5 Å². The molecule has 128 valence electrons. The Labute approximate surface area is 141 Å². The van der Waals surface area contributed by atoms with Crippen molar-refractivity contribution in [2.75, 3.05) is 19.8 Å². The third-order valence-electron chi connectivity index (χ3n) is 4.49. The fraction of sp³-hybridized carbons (Fsp3) is 0.444. The van der Waals surface area contributed by atoms with Gasteiger partial charge >= 0.3 is 0 Å². The molecule has 1 fully saturated rings. The van der Waals surface area contributed by atoms with Gasteiger partial charge in [-0.3, -0.25) is 14.7 Å². The Bertz CT molecular complexity index is 698. The first-order valence-electron chi connectivity index (χ1n) is 8.03. The maximum atomic E-state index is 12.6. The highest BCUT2D eigenvalue weighted by atomic mass is 16.5. The van der Waals surface area contributed by atoms with E-state index >= 15 is 0 Å². The number of hydrogen-bond donors (Lipinski definition) is 1. The summed E-state index contributed by atoms with van der Waals surface area (Å²) < 4.78 is 11.1. The van der Waals surface area contributed by atoms with E-state index in [4.69, 9.17) is 9.47 Å². The molecule has 0 unspecified atom stereocenters. The van der Waals surface area contributed by atoms with E-state index in [2.05, 4.69) is 4.99 Å². The number of ether oxygens (including phenoxy) is 2. The molecule has 0 saturated carbocycles. The van der Waals surface area contributed by atoms with E-state index in [0.717, 1.165) is 5.75 Å². The van der Waals surface area contributed by atoms with Crippen molar-refractivity contribution in [3.8, 4) is 5.75 Å². The van der Waals surface area contributed by atoms with Crippen molar-refractivity contribution in [1.29, 1.82) is 0 Å². The van der Waals surface area contributed by atoms with Gasteiger partial charge in [0.15, 0.2) is 0 Å². The Kier molecular flexibility index (Phi) is 4.32. The Hall–Kier alpha value is -2.34. The quantitative estimate of drug-likeness (QED) is 0.664. The topological polar surface area (TPSA) is 71.4 Å². The number of nitrogens with zero attached hydrogens (tertiary/aromatic N) is 2. The number of aliphatic imine (C=N–C) groups is 1. The summed E-state index contributed by atoms with van der Waals surface area (Å²) in [5, 5.41) is 10.5. The predicted octanol–water partition coefficient (Wildman–Crippen LogP) is 2.32. The van der Waals surface area contributed by atoms with Gasteiger partial charge in [0, 0.05) is 5.71 Å². The van der Waals surface area contributed by atoms with E-state index in [1.165, 1.54) is 0 Å². The van der Waals surface area contributed by atoms with Gasteiger partial charge in [-0.25, -0.2) is 0 Å². The van der Waals surface area contributed by atoms with Crippen LogP contribution in [0.3, 0.4) is 0 Å². The summed E-state index contributed by atoms with van der Waals surface area (Å²) in [5.41, 5.74) is 0.0210. The van der Waals surface area contributed by atoms with E-state index in [1.54, 1.807) is 18.7 Å². The minimum Gasteiger partial charge on any atom is -0.509 e. The van der Waals surface area contributed by atoms with Crippen molar-refractivity contribution in [3.63, 3.8) is 0 Å². The third-order valence-corrected chi connectivity index (χ3v) is 4.49. The molecule has 2 heterocycles. The van der Waals surface area contributed by atoms with E-state index in [0.29, 0.717) is 25.5 Å². The van der Waals surface area contributed by atoms with Crippen LogP contribution in [-0.4, -0.2) is 53.2 Å². The van der Waals surface area contributed by atoms with E-state index in [9.17, 15) is 9.90 Å². The van der Waals surface area contributed by atoms with Crippen molar-refractivity contribution < 1.29 is 19.4 Å². The lowest BCUT2D eigenvalue weighted by Crippen LogP contribution is -2.45. The van der Waals surface area contributed by atoms with Crippen molar-refractivity contribution in [2.24, 2.45) is 4.99 Å². The van der Waals surface area contributed by atoms with Crippen LogP contribution in [0.1, 0.15) is 20.8 Å². The minimum atomic E-state index is -0.789. The first kappa shape index (κ1) is 16.5. The highest BCUT2D eigenvalue weighted by Gasteiger charge is 2.55. The number of carbonyl (C=O) groups is 1. The molecular weight excluding hydrogens is 308 g/mol. The van der Waals surface area contributed by atoms with Crippen LogP contribution in [0.2, 0.25) is 0 Å². The average molecular weight is 330 g/mol. The zero-order valence-electron chi connectivity index (χ0n) is 14.2.